The molecule has 4 nitrogen and oxygen atoms in total. The van der Waals surface area contributed by atoms with Crippen molar-refractivity contribution in [1.82, 2.24) is 4.98 Å². The van der Waals surface area contributed by atoms with E-state index in [-0.39, 0.29) is 11.7 Å². The molecule has 0 aliphatic rings. The summed E-state index contributed by atoms with van der Waals surface area (Å²) in [5, 5.41) is 9.48. The molecule has 23 heavy (non-hydrogen) atoms. The number of hydrogen-bond acceptors (Lipinski definition) is 4. The summed E-state index contributed by atoms with van der Waals surface area (Å²) in [6, 6.07) is 14.7. The van der Waals surface area contributed by atoms with Gasteiger partial charge in [0.05, 0.1) is 7.11 Å². The second-order valence-corrected chi connectivity index (χ2v) is 5.66. The molecular formula is C19H19NO3. The van der Waals surface area contributed by atoms with Crippen LogP contribution in [0.25, 0.3) is 22.6 Å². The summed E-state index contributed by atoms with van der Waals surface area (Å²) in [6.45, 7) is 4.09. The van der Waals surface area contributed by atoms with E-state index in [1.165, 1.54) is 0 Å². The van der Waals surface area contributed by atoms with E-state index in [4.69, 9.17) is 9.15 Å². The van der Waals surface area contributed by atoms with E-state index in [1.54, 1.807) is 19.2 Å². The Morgan fingerprint density at radius 2 is 1.57 bits per heavy atom. The second kappa shape index (κ2) is 6.16. The number of rotatable bonds is 4. The van der Waals surface area contributed by atoms with Crippen molar-refractivity contribution in [2.24, 2.45) is 0 Å². The zero-order valence-corrected chi connectivity index (χ0v) is 13.4. The minimum absolute atomic E-state index is 0.192. The van der Waals surface area contributed by atoms with E-state index in [1.807, 2.05) is 50.2 Å². The van der Waals surface area contributed by atoms with Crippen LogP contribution in [0.3, 0.4) is 0 Å². The van der Waals surface area contributed by atoms with Gasteiger partial charge in [-0.3, -0.25) is 0 Å². The highest BCUT2D eigenvalue weighted by atomic mass is 16.5. The molecule has 1 heterocycles. The lowest BCUT2D eigenvalue weighted by molar-refractivity contribution is 0.415. The van der Waals surface area contributed by atoms with E-state index >= 15 is 0 Å². The van der Waals surface area contributed by atoms with Gasteiger partial charge in [-0.15, -0.1) is 0 Å². The fraction of sp³-hybridized carbons (Fsp3) is 0.211. The fourth-order valence-electron chi connectivity index (χ4n) is 2.34. The molecule has 3 rings (SSSR count). The molecule has 0 amide bonds. The van der Waals surface area contributed by atoms with Gasteiger partial charge in [0.1, 0.15) is 17.2 Å². The molecule has 1 N–H and O–H groups in total. The predicted molar refractivity (Wildman–Crippen MR) is 89.7 cm³/mol. The van der Waals surface area contributed by atoms with Gasteiger partial charge in [0, 0.05) is 17.0 Å². The maximum Gasteiger partial charge on any atom is 0.198 e. The Balaban J connectivity index is 2.12. The molecule has 2 aromatic carbocycles. The molecule has 118 valence electrons. The lowest BCUT2D eigenvalue weighted by atomic mass is 10.1. The molecule has 0 saturated heterocycles. The number of phenolic OH excluding ortho intramolecular Hbond substituents is 1. The van der Waals surface area contributed by atoms with Crippen molar-refractivity contribution in [3.05, 3.63) is 54.4 Å². The van der Waals surface area contributed by atoms with Gasteiger partial charge >= 0.3 is 0 Å². The van der Waals surface area contributed by atoms with Crippen LogP contribution in [0.1, 0.15) is 25.7 Å². The second-order valence-electron chi connectivity index (χ2n) is 5.66. The van der Waals surface area contributed by atoms with Crippen molar-refractivity contribution in [3.63, 3.8) is 0 Å². The molecule has 0 aliphatic carbocycles. The molecule has 0 aliphatic heterocycles. The summed E-state index contributed by atoms with van der Waals surface area (Å²) in [6.07, 6.45) is 0. The molecule has 0 spiro atoms. The van der Waals surface area contributed by atoms with Crippen molar-refractivity contribution >= 4 is 0 Å². The Bertz CT molecular complexity index is 786. The van der Waals surface area contributed by atoms with Gasteiger partial charge in [0.15, 0.2) is 11.7 Å². The zero-order valence-electron chi connectivity index (χ0n) is 13.4. The fourth-order valence-corrected chi connectivity index (χ4v) is 2.34. The number of ether oxygens (including phenoxy) is 1. The first kappa shape index (κ1) is 15.2. The van der Waals surface area contributed by atoms with E-state index in [9.17, 15) is 5.11 Å². The van der Waals surface area contributed by atoms with Gasteiger partial charge in [0.2, 0.25) is 0 Å². The number of hydrogen-bond donors (Lipinski definition) is 1. The Labute approximate surface area is 135 Å². The Morgan fingerprint density at radius 1 is 0.957 bits per heavy atom. The average Bonchev–Trinajstić information content (AvgIpc) is 3.01. The van der Waals surface area contributed by atoms with Gasteiger partial charge in [-0.05, 0) is 48.5 Å². The SMILES string of the molecule is COc1ccc(-c2nc(C(C)C)oc2-c2ccc(O)cc2)cc1. The third-order valence-corrected chi connectivity index (χ3v) is 3.63. The third-order valence-electron chi connectivity index (χ3n) is 3.63. The topological polar surface area (TPSA) is 55.5 Å². The zero-order chi connectivity index (χ0) is 16.4. The van der Waals surface area contributed by atoms with Crippen molar-refractivity contribution in [1.29, 1.82) is 0 Å². The van der Waals surface area contributed by atoms with E-state index in [0.717, 1.165) is 22.6 Å². The number of aromatic nitrogens is 1. The van der Waals surface area contributed by atoms with Gasteiger partial charge in [0.25, 0.3) is 0 Å². The summed E-state index contributed by atoms with van der Waals surface area (Å²) >= 11 is 0. The molecular weight excluding hydrogens is 290 g/mol. The molecule has 0 radical (unpaired) electrons. The van der Waals surface area contributed by atoms with E-state index in [0.29, 0.717) is 11.7 Å². The van der Waals surface area contributed by atoms with Gasteiger partial charge in [-0.2, -0.15) is 0 Å². The van der Waals surface area contributed by atoms with Crippen molar-refractivity contribution in [3.8, 4) is 34.1 Å². The first-order valence-corrected chi connectivity index (χ1v) is 7.53. The molecule has 0 atom stereocenters. The van der Waals surface area contributed by atoms with Crippen molar-refractivity contribution in [2.75, 3.05) is 7.11 Å². The minimum Gasteiger partial charge on any atom is -0.508 e. The van der Waals surface area contributed by atoms with Crippen LogP contribution < -0.4 is 4.74 Å². The molecule has 0 fully saturated rings. The standard InChI is InChI=1S/C19H19NO3/c1-12(2)19-20-17(13-6-10-16(22-3)11-7-13)18(23-19)14-4-8-15(21)9-5-14/h4-12,21H,1-3H3. The number of nitrogens with zero attached hydrogens (tertiary/aromatic N) is 1. The molecule has 0 saturated carbocycles. The van der Waals surface area contributed by atoms with Crippen LogP contribution in [0.5, 0.6) is 11.5 Å². The highest BCUT2D eigenvalue weighted by Crippen LogP contribution is 2.35. The number of benzene rings is 2. The quantitative estimate of drug-likeness (QED) is 0.748. The molecule has 0 unspecified atom stereocenters. The molecule has 3 aromatic rings. The Morgan fingerprint density at radius 3 is 2.13 bits per heavy atom. The smallest absolute Gasteiger partial charge is 0.198 e. The van der Waals surface area contributed by atoms with Crippen LogP contribution in [0, 0.1) is 0 Å². The highest BCUT2D eigenvalue weighted by Gasteiger charge is 2.18. The van der Waals surface area contributed by atoms with Crippen LogP contribution >= 0.6 is 0 Å². The maximum absolute atomic E-state index is 9.48. The number of aromatic hydroxyl groups is 1. The summed E-state index contributed by atoms with van der Waals surface area (Å²) in [7, 11) is 1.64. The van der Waals surface area contributed by atoms with Crippen LogP contribution in [0.15, 0.2) is 52.9 Å². The summed E-state index contributed by atoms with van der Waals surface area (Å²) in [4.78, 5) is 4.66. The summed E-state index contributed by atoms with van der Waals surface area (Å²) in [5.74, 6) is 2.62. The van der Waals surface area contributed by atoms with Crippen molar-refractivity contribution in [2.45, 2.75) is 19.8 Å². The highest BCUT2D eigenvalue weighted by molar-refractivity contribution is 5.77. The Kier molecular flexibility index (Phi) is 4.06. The van der Waals surface area contributed by atoms with E-state index in [2.05, 4.69) is 4.98 Å². The first-order chi connectivity index (χ1) is 11.1. The third kappa shape index (κ3) is 3.06. The lowest BCUT2D eigenvalue weighted by Crippen LogP contribution is -1.87. The minimum atomic E-state index is 0.192. The predicted octanol–water partition coefficient (Wildman–Crippen LogP) is 4.85. The molecule has 4 heteroatoms. The lowest BCUT2D eigenvalue weighted by Gasteiger charge is -2.03. The molecule has 1 aromatic heterocycles. The number of methoxy groups -OCH3 is 1. The number of phenols is 1. The van der Waals surface area contributed by atoms with Gasteiger partial charge in [-0.25, -0.2) is 4.98 Å². The monoisotopic (exact) mass is 309 g/mol. The van der Waals surface area contributed by atoms with Crippen LogP contribution in [-0.2, 0) is 0 Å². The summed E-state index contributed by atoms with van der Waals surface area (Å²) in [5.41, 5.74) is 2.64. The Hall–Kier alpha value is -2.75. The average molecular weight is 309 g/mol. The van der Waals surface area contributed by atoms with Crippen LogP contribution in [0.4, 0.5) is 0 Å². The van der Waals surface area contributed by atoms with E-state index < -0.39 is 0 Å². The number of oxazole rings is 1. The van der Waals surface area contributed by atoms with Gasteiger partial charge in [-0.1, -0.05) is 13.8 Å². The first-order valence-electron chi connectivity index (χ1n) is 7.53. The summed E-state index contributed by atoms with van der Waals surface area (Å²) < 4.78 is 11.2. The maximum atomic E-state index is 9.48. The largest absolute Gasteiger partial charge is 0.508 e. The normalized spacial score (nSPS) is 11.0. The van der Waals surface area contributed by atoms with Crippen LogP contribution in [-0.4, -0.2) is 17.2 Å². The van der Waals surface area contributed by atoms with Crippen LogP contribution in [0.2, 0.25) is 0 Å². The van der Waals surface area contributed by atoms with Gasteiger partial charge < -0.3 is 14.3 Å². The van der Waals surface area contributed by atoms with Crippen molar-refractivity contribution < 1.29 is 14.3 Å². The molecule has 0 bridgehead atoms.